The Labute approximate surface area is 116 Å². The first-order valence-corrected chi connectivity index (χ1v) is 6.68. The quantitative estimate of drug-likeness (QED) is 0.821. The molecular formula is C13H18BrNO3. The van der Waals surface area contributed by atoms with E-state index >= 15 is 0 Å². The molecule has 100 valence electrons. The number of methoxy groups -OCH3 is 2. The van der Waals surface area contributed by atoms with Gasteiger partial charge in [0, 0.05) is 11.4 Å². The van der Waals surface area contributed by atoms with Gasteiger partial charge < -0.3 is 14.8 Å². The molecule has 1 unspecified atom stereocenters. The fourth-order valence-corrected chi connectivity index (χ4v) is 1.60. The summed E-state index contributed by atoms with van der Waals surface area (Å²) in [6, 6.07) is 5.15. The van der Waals surface area contributed by atoms with E-state index < -0.39 is 0 Å². The van der Waals surface area contributed by atoms with Gasteiger partial charge >= 0.3 is 0 Å². The predicted octanol–water partition coefficient (Wildman–Crippen LogP) is 2.61. The summed E-state index contributed by atoms with van der Waals surface area (Å²) in [5, 5.41) is 2.85. The third kappa shape index (κ3) is 3.91. The van der Waals surface area contributed by atoms with Crippen LogP contribution in [0, 0.1) is 0 Å². The van der Waals surface area contributed by atoms with Gasteiger partial charge in [-0.3, -0.25) is 4.79 Å². The molecule has 1 atom stereocenters. The van der Waals surface area contributed by atoms with E-state index in [4.69, 9.17) is 9.47 Å². The van der Waals surface area contributed by atoms with Crippen LogP contribution in [0.1, 0.15) is 23.7 Å². The number of benzene rings is 1. The van der Waals surface area contributed by atoms with Crippen molar-refractivity contribution in [3.8, 4) is 11.5 Å². The fraction of sp³-hybridized carbons (Fsp3) is 0.462. The molecule has 0 aliphatic heterocycles. The minimum absolute atomic E-state index is 0.163. The van der Waals surface area contributed by atoms with E-state index in [1.807, 2.05) is 0 Å². The summed E-state index contributed by atoms with van der Waals surface area (Å²) in [6.45, 7) is 2.63. The smallest absolute Gasteiger partial charge is 0.255 e. The largest absolute Gasteiger partial charge is 0.497 e. The summed E-state index contributed by atoms with van der Waals surface area (Å²) in [5.74, 6) is 1.01. The summed E-state index contributed by atoms with van der Waals surface area (Å²) < 4.78 is 10.3. The van der Waals surface area contributed by atoms with Crippen LogP contribution in [-0.4, -0.2) is 31.5 Å². The maximum absolute atomic E-state index is 12.0. The number of hydrogen-bond acceptors (Lipinski definition) is 3. The molecule has 0 heterocycles. The van der Waals surface area contributed by atoms with Gasteiger partial charge in [0.1, 0.15) is 11.5 Å². The van der Waals surface area contributed by atoms with Gasteiger partial charge in [-0.2, -0.15) is 0 Å². The topological polar surface area (TPSA) is 47.6 Å². The van der Waals surface area contributed by atoms with Crippen LogP contribution in [0.5, 0.6) is 11.5 Å². The predicted molar refractivity (Wildman–Crippen MR) is 74.9 cm³/mol. The van der Waals surface area contributed by atoms with Gasteiger partial charge in [-0.1, -0.05) is 22.9 Å². The zero-order valence-corrected chi connectivity index (χ0v) is 12.4. The first-order valence-electron chi connectivity index (χ1n) is 5.76. The lowest BCUT2D eigenvalue weighted by Crippen LogP contribution is -2.29. The molecule has 0 spiro atoms. The van der Waals surface area contributed by atoms with Crippen LogP contribution in [0.15, 0.2) is 18.2 Å². The Morgan fingerprint density at radius 3 is 2.67 bits per heavy atom. The molecule has 1 amide bonds. The number of alkyl halides is 1. The summed E-state index contributed by atoms with van der Waals surface area (Å²) in [7, 11) is 3.10. The summed E-state index contributed by atoms with van der Waals surface area (Å²) >= 11 is 3.47. The molecule has 0 bridgehead atoms. The highest BCUT2D eigenvalue weighted by Gasteiger charge is 2.14. The van der Waals surface area contributed by atoms with Crippen LogP contribution in [0.3, 0.4) is 0 Å². The van der Waals surface area contributed by atoms with Crippen molar-refractivity contribution in [2.45, 2.75) is 18.2 Å². The van der Waals surface area contributed by atoms with E-state index in [2.05, 4.69) is 28.2 Å². The maximum atomic E-state index is 12.0. The maximum Gasteiger partial charge on any atom is 0.255 e. The Bertz CT molecular complexity index is 409. The second kappa shape index (κ2) is 7.26. The van der Waals surface area contributed by atoms with Crippen molar-refractivity contribution in [2.75, 3.05) is 20.8 Å². The van der Waals surface area contributed by atoms with Crippen molar-refractivity contribution in [1.82, 2.24) is 5.32 Å². The Morgan fingerprint density at radius 2 is 2.11 bits per heavy atom. The van der Waals surface area contributed by atoms with Crippen LogP contribution in [-0.2, 0) is 0 Å². The number of carbonyl (C=O) groups excluding carboxylic acids is 1. The van der Waals surface area contributed by atoms with Crippen LogP contribution < -0.4 is 14.8 Å². The zero-order chi connectivity index (χ0) is 13.5. The van der Waals surface area contributed by atoms with Crippen LogP contribution in [0.25, 0.3) is 0 Å². The van der Waals surface area contributed by atoms with Crippen LogP contribution in [0.4, 0.5) is 0 Å². The number of rotatable bonds is 6. The lowest BCUT2D eigenvalue weighted by molar-refractivity contribution is 0.0950. The molecule has 0 saturated heterocycles. The standard InChI is InChI=1S/C13H18BrNO3/c1-4-9(14)8-15-13(16)11-7-10(17-2)5-6-12(11)18-3/h5-7,9H,4,8H2,1-3H3,(H,15,16). The van der Waals surface area contributed by atoms with E-state index in [9.17, 15) is 4.79 Å². The van der Waals surface area contributed by atoms with E-state index in [0.717, 1.165) is 6.42 Å². The van der Waals surface area contributed by atoms with Crippen molar-refractivity contribution >= 4 is 21.8 Å². The number of halogens is 1. The average Bonchev–Trinajstić information content (AvgIpc) is 2.43. The second-order valence-corrected chi connectivity index (χ2v) is 5.08. The highest BCUT2D eigenvalue weighted by molar-refractivity contribution is 9.09. The van der Waals surface area contributed by atoms with Gasteiger partial charge in [0.05, 0.1) is 19.8 Å². The normalized spacial score (nSPS) is 11.8. The van der Waals surface area contributed by atoms with E-state index in [0.29, 0.717) is 23.6 Å². The highest BCUT2D eigenvalue weighted by Crippen LogP contribution is 2.23. The molecule has 0 saturated carbocycles. The molecule has 4 nitrogen and oxygen atoms in total. The fourth-order valence-electron chi connectivity index (χ4n) is 1.43. The second-order valence-electron chi connectivity index (χ2n) is 3.78. The molecule has 1 aromatic rings. The molecule has 1 N–H and O–H groups in total. The third-order valence-corrected chi connectivity index (χ3v) is 3.55. The highest BCUT2D eigenvalue weighted by atomic mass is 79.9. The van der Waals surface area contributed by atoms with Crippen molar-refractivity contribution in [1.29, 1.82) is 0 Å². The minimum atomic E-state index is -0.163. The van der Waals surface area contributed by atoms with Crippen LogP contribution >= 0.6 is 15.9 Å². The first-order chi connectivity index (χ1) is 8.62. The van der Waals surface area contributed by atoms with Gasteiger partial charge in [0.2, 0.25) is 0 Å². The van der Waals surface area contributed by atoms with E-state index in [1.165, 1.54) is 7.11 Å². The minimum Gasteiger partial charge on any atom is -0.497 e. The Morgan fingerprint density at radius 1 is 1.39 bits per heavy atom. The Kier molecular flexibility index (Phi) is 5.98. The molecule has 0 radical (unpaired) electrons. The lowest BCUT2D eigenvalue weighted by Gasteiger charge is -2.12. The Hall–Kier alpha value is -1.23. The van der Waals surface area contributed by atoms with E-state index in [1.54, 1.807) is 25.3 Å². The molecule has 5 heteroatoms. The third-order valence-electron chi connectivity index (χ3n) is 2.58. The number of carbonyl (C=O) groups is 1. The molecule has 18 heavy (non-hydrogen) atoms. The van der Waals surface area contributed by atoms with Crippen molar-refractivity contribution in [3.05, 3.63) is 23.8 Å². The summed E-state index contributed by atoms with van der Waals surface area (Å²) in [4.78, 5) is 12.3. The van der Waals surface area contributed by atoms with Gasteiger partial charge in [-0.25, -0.2) is 0 Å². The molecule has 0 aromatic heterocycles. The van der Waals surface area contributed by atoms with Crippen molar-refractivity contribution < 1.29 is 14.3 Å². The average molecular weight is 316 g/mol. The first kappa shape index (κ1) is 14.8. The molecule has 1 aromatic carbocycles. The van der Waals surface area contributed by atoms with Gasteiger partial charge in [0.25, 0.3) is 5.91 Å². The lowest BCUT2D eigenvalue weighted by atomic mass is 10.1. The molecule has 0 fully saturated rings. The summed E-state index contributed by atoms with van der Waals surface area (Å²) in [5.41, 5.74) is 0.479. The number of amides is 1. The molecule has 0 aliphatic rings. The zero-order valence-electron chi connectivity index (χ0n) is 10.8. The Balaban J connectivity index is 2.82. The number of hydrogen-bond donors (Lipinski definition) is 1. The van der Waals surface area contributed by atoms with Crippen molar-refractivity contribution in [2.24, 2.45) is 0 Å². The SMILES string of the molecule is CCC(Br)CNC(=O)c1cc(OC)ccc1OC. The number of nitrogens with one attached hydrogen (secondary N) is 1. The monoisotopic (exact) mass is 315 g/mol. The van der Waals surface area contributed by atoms with E-state index in [-0.39, 0.29) is 10.7 Å². The van der Waals surface area contributed by atoms with Gasteiger partial charge in [-0.05, 0) is 24.6 Å². The van der Waals surface area contributed by atoms with Crippen LogP contribution in [0.2, 0.25) is 0 Å². The molecule has 1 rings (SSSR count). The van der Waals surface area contributed by atoms with Gasteiger partial charge in [0.15, 0.2) is 0 Å². The van der Waals surface area contributed by atoms with Gasteiger partial charge in [-0.15, -0.1) is 0 Å². The number of ether oxygens (including phenoxy) is 2. The molecular weight excluding hydrogens is 298 g/mol. The molecule has 0 aliphatic carbocycles. The van der Waals surface area contributed by atoms with Crippen molar-refractivity contribution in [3.63, 3.8) is 0 Å². The summed E-state index contributed by atoms with van der Waals surface area (Å²) in [6.07, 6.45) is 0.954.